The highest BCUT2D eigenvalue weighted by Crippen LogP contribution is 2.45. The predicted molar refractivity (Wildman–Crippen MR) is 175 cm³/mol. The fraction of sp³-hybridized carbons (Fsp3) is 0.500. The Labute approximate surface area is 260 Å². The lowest BCUT2D eigenvalue weighted by atomic mass is 9.90. The number of likely N-dealkylation sites (N-methyl/N-ethyl adjacent to an activating group) is 1. The minimum atomic E-state index is -0.601. The van der Waals surface area contributed by atoms with E-state index in [1.807, 2.05) is 6.07 Å². The highest BCUT2D eigenvalue weighted by atomic mass is 16.5. The van der Waals surface area contributed by atoms with Gasteiger partial charge in [0.05, 0.1) is 6.04 Å². The number of hydrogen-bond acceptors (Lipinski definition) is 9. The van der Waals surface area contributed by atoms with Crippen LogP contribution in [0.5, 0.6) is 0 Å². The number of primary amides is 1. The maximum absolute atomic E-state index is 12.7. The van der Waals surface area contributed by atoms with Crippen LogP contribution in [0.3, 0.4) is 0 Å². The number of ether oxygens (including phenoxy) is 1. The molecule has 3 saturated heterocycles. The number of nitrogens with zero attached hydrogens (tertiary/aromatic N) is 6. The lowest BCUT2D eigenvalue weighted by Crippen LogP contribution is -2.52. The van der Waals surface area contributed by atoms with Gasteiger partial charge in [0.25, 0.3) is 5.91 Å². The molecule has 1 atom stereocenters. The standard InChI is InChI=1S/C34H44N8O2/c1-23-28-5-3-4-6-29(28)30-34(42(23)27-13-21-44-22-14-27)38-33(31(37-30)32(35)43)36-24-7-9-25(10-8-24)40-15-11-26(12-16-40)41-19-17-39(2)18-20-41/h3-10,23,26-27H,11-22H2,1-2H3,(H2,35,43)(H,36,38). The quantitative estimate of drug-likeness (QED) is 0.432. The van der Waals surface area contributed by atoms with Crippen molar-refractivity contribution in [1.29, 1.82) is 0 Å². The second kappa shape index (κ2) is 12.3. The van der Waals surface area contributed by atoms with Gasteiger partial charge in [-0.05, 0) is 69.5 Å². The largest absolute Gasteiger partial charge is 0.381 e. The molecule has 1 aromatic heterocycles. The maximum atomic E-state index is 12.7. The third-order valence-electron chi connectivity index (χ3n) is 10.0. The third-order valence-corrected chi connectivity index (χ3v) is 10.0. The molecule has 5 heterocycles. The molecule has 44 heavy (non-hydrogen) atoms. The molecule has 3 aromatic rings. The van der Waals surface area contributed by atoms with Gasteiger partial charge < -0.3 is 30.5 Å². The van der Waals surface area contributed by atoms with Crippen molar-refractivity contribution in [2.24, 2.45) is 5.73 Å². The summed E-state index contributed by atoms with van der Waals surface area (Å²) in [4.78, 5) is 32.7. The van der Waals surface area contributed by atoms with Crippen LogP contribution >= 0.6 is 0 Å². The summed E-state index contributed by atoms with van der Waals surface area (Å²) in [6.45, 7) is 10.5. The number of rotatable bonds is 6. The highest BCUT2D eigenvalue weighted by molar-refractivity contribution is 5.98. The Kier molecular flexibility index (Phi) is 8.14. The number of piperazine rings is 1. The van der Waals surface area contributed by atoms with Gasteiger partial charge in [-0.1, -0.05) is 24.3 Å². The first-order valence-corrected chi connectivity index (χ1v) is 16.2. The molecule has 0 saturated carbocycles. The van der Waals surface area contributed by atoms with Crippen LogP contribution < -0.4 is 20.9 Å². The molecule has 10 nitrogen and oxygen atoms in total. The fourth-order valence-electron chi connectivity index (χ4n) is 7.48. The van der Waals surface area contributed by atoms with Gasteiger partial charge in [0.2, 0.25) is 0 Å². The number of piperidine rings is 1. The average Bonchev–Trinajstić information content (AvgIpc) is 3.06. The molecule has 3 N–H and O–H groups in total. The van der Waals surface area contributed by atoms with E-state index < -0.39 is 5.91 Å². The molecule has 4 aliphatic rings. The lowest BCUT2D eigenvalue weighted by Gasteiger charge is -2.43. The van der Waals surface area contributed by atoms with Crippen molar-refractivity contribution >= 4 is 28.9 Å². The SMILES string of the molecule is CC1c2ccccc2-c2nc(C(N)=O)c(Nc3ccc(N4CCC(N5CCN(C)CC5)CC4)cc3)nc2N1C1CCOCC1. The number of carbonyl (C=O) groups is 1. The van der Waals surface area contributed by atoms with Crippen molar-refractivity contribution < 1.29 is 9.53 Å². The van der Waals surface area contributed by atoms with Crippen LogP contribution in [0.1, 0.15) is 54.7 Å². The summed E-state index contributed by atoms with van der Waals surface area (Å²) < 4.78 is 5.68. The molecule has 0 bridgehead atoms. The summed E-state index contributed by atoms with van der Waals surface area (Å²) in [6, 6.07) is 17.8. The van der Waals surface area contributed by atoms with Crippen molar-refractivity contribution in [1.82, 2.24) is 19.8 Å². The summed E-state index contributed by atoms with van der Waals surface area (Å²) in [5, 5.41) is 3.40. The average molecular weight is 597 g/mol. The molecule has 4 aliphatic heterocycles. The number of fused-ring (bicyclic) bond motifs is 3. The number of amides is 1. The molecule has 232 valence electrons. The molecule has 2 aromatic carbocycles. The first-order valence-electron chi connectivity index (χ1n) is 16.2. The van der Waals surface area contributed by atoms with E-state index in [0.29, 0.717) is 17.6 Å². The molecule has 3 fully saturated rings. The highest BCUT2D eigenvalue weighted by Gasteiger charge is 2.37. The Morgan fingerprint density at radius 1 is 0.886 bits per heavy atom. The van der Waals surface area contributed by atoms with E-state index in [1.165, 1.54) is 50.3 Å². The van der Waals surface area contributed by atoms with Gasteiger partial charge in [-0.25, -0.2) is 9.97 Å². The number of benzene rings is 2. The van der Waals surface area contributed by atoms with Crippen molar-refractivity contribution in [3.8, 4) is 11.3 Å². The first kappa shape index (κ1) is 29.0. The summed E-state index contributed by atoms with van der Waals surface area (Å²) >= 11 is 0. The second-order valence-electron chi connectivity index (χ2n) is 12.7. The molecule has 0 radical (unpaired) electrons. The van der Waals surface area contributed by atoms with Crippen LogP contribution in [0.2, 0.25) is 0 Å². The third kappa shape index (κ3) is 5.62. The first-order chi connectivity index (χ1) is 21.5. The smallest absolute Gasteiger partial charge is 0.271 e. The van der Waals surface area contributed by atoms with E-state index >= 15 is 0 Å². The van der Waals surface area contributed by atoms with Gasteiger partial charge in [0.15, 0.2) is 17.3 Å². The summed E-state index contributed by atoms with van der Waals surface area (Å²) in [5.74, 6) is 0.576. The maximum Gasteiger partial charge on any atom is 0.271 e. The van der Waals surface area contributed by atoms with Gasteiger partial charge in [-0.2, -0.15) is 0 Å². The van der Waals surface area contributed by atoms with Gasteiger partial charge in [0, 0.05) is 81.5 Å². The second-order valence-corrected chi connectivity index (χ2v) is 12.7. The van der Waals surface area contributed by atoms with Crippen molar-refractivity contribution in [3.05, 3.63) is 59.8 Å². The number of anilines is 4. The van der Waals surface area contributed by atoms with Gasteiger partial charge in [-0.15, -0.1) is 0 Å². The van der Waals surface area contributed by atoms with E-state index in [9.17, 15) is 4.79 Å². The zero-order chi connectivity index (χ0) is 30.2. The van der Waals surface area contributed by atoms with Gasteiger partial charge in [-0.3, -0.25) is 9.69 Å². The normalized spacial score (nSPS) is 22.0. The zero-order valence-corrected chi connectivity index (χ0v) is 25.9. The topological polar surface area (TPSA) is 103 Å². The van der Waals surface area contributed by atoms with Crippen molar-refractivity contribution in [2.75, 3.05) is 74.6 Å². The minimum Gasteiger partial charge on any atom is -0.381 e. The number of carbonyl (C=O) groups excluding carboxylic acids is 1. The number of nitrogens with two attached hydrogens (primary N) is 1. The molecular formula is C34H44N8O2. The molecular weight excluding hydrogens is 552 g/mol. The Morgan fingerprint density at radius 2 is 1.59 bits per heavy atom. The van der Waals surface area contributed by atoms with Gasteiger partial charge >= 0.3 is 0 Å². The molecule has 7 rings (SSSR count). The molecule has 0 spiro atoms. The Balaban J connectivity index is 1.12. The molecule has 10 heteroatoms. The minimum absolute atomic E-state index is 0.114. The van der Waals surface area contributed by atoms with E-state index in [4.69, 9.17) is 20.4 Å². The Bertz CT molecular complexity index is 1480. The Hall–Kier alpha value is -3.73. The van der Waals surface area contributed by atoms with E-state index in [1.54, 1.807) is 0 Å². The number of hydrogen-bond donors (Lipinski definition) is 2. The molecule has 1 amide bonds. The Morgan fingerprint density at radius 3 is 2.30 bits per heavy atom. The molecule has 0 aliphatic carbocycles. The van der Waals surface area contributed by atoms with Crippen molar-refractivity contribution in [3.63, 3.8) is 0 Å². The van der Waals surface area contributed by atoms with Crippen molar-refractivity contribution in [2.45, 2.75) is 50.7 Å². The van der Waals surface area contributed by atoms with Crippen LogP contribution in [0.15, 0.2) is 48.5 Å². The fourth-order valence-corrected chi connectivity index (χ4v) is 7.48. The monoisotopic (exact) mass is 596 g/mol. The zero-order valence-electron chi connectivity index (χ0n) is 25.9. The summed E-state index contributed by atoms with van der Waals surface area (Å²) in [5.41, 5.74) is 11.0. The van der Waals surface area contributed by atoms with Crippen LogP contribution in [-0.2, 0) is 4.74 Å². The van der Waals surface area contributed by atoms with E-state index in [2.05, 4.69) is 81.4 Å². The number of nitrogens with one attached hydrogen (secondary N) is 1. The van der Waals surface area contributed by atoms with E-state index in [-0.39, 0.29) is 17.8 Å². The van der Waals surface area contributed by atoms with E-state index in [0.717, 1.165) is 56.2 Å². The van der Waals surface area contributed by atoms with Crippen LogP contribution in [-0.4, -0.2) is 97.3 Å². The van der Waals surface area contributed by atoms with Crippen LogP contribution in [0.4, 0.5) is 23.0 Å². The van der Waals surface area contributed by atoms with Crippen LogP contribution in [0, 0.1) is 0 Å². The summed E-state index contributed by atoms with van der Waals surface area (Å²) in [6.07, 6.45) is 4.23. The van der Waals surface area contributed by atoms with Crippen LogP contribution in [0.25, 0.3) is 11.3 Å². The molecule has 1 unspecified atom stereocenters. The van der Waals surface area contributed by atoms with Gasteiger partial charge in [0.1, 0.15) is 5.69 Å². The summed E-state index contributed by atoms with van der Waals surface area (Å²) in [7, 11) is 2.22. The lowest BCUT2D eigenvalue weighted by molar-refractivity contribution is 0.0826. The predicted octanol–water partition coefficient (Wildman–Crippen LogP) is 4.26. The number of aromatic nitrogens is 2.